The molecule has 0 saturated heterocycles. The summed E-state index contributed by atoms with van der Waals surface area (Å²) in [6, 6.07) is 0. The maximum atomic E-state index is 12.2. The van der Waals surface area contributed by atoms with Gasteiger partial charge in [-0.05, 0) is 18.3 Å². The van der Waals surface area contributed by atoms with Crippen LogP contribution in [0.5, 0.6) is 0 Å². The lowest BCUT2D eigenvalue weighted by atomic mass is 10.1. The van der Waals surface area contributed by atoms with Gasteiger partial charge in [-0.1, -0.05) is 34.6 Å². The molecule has 0 N–H and O–H groups in total. The van der Waals surface area contributed by atoms with Crippen molar-refractivity contribution in [1.82, 2.24) is 4.90 Å². The first-order valence-corrected chi connectivity index (χ1v) is 7.13. The van der Waals surface area contributed by atoms with Crippen LogP contribution in [0.1, 0.15) is 47.5 Å². The van der Waals surface area contributed by atoms with Crippen molar-refractivity contribution < 1.29 is 14.3 Å². The van der Waals surface area contributed by atoms with Crippen LogP contribution < -0.4 is 0 Å². The molecule has 0 aliphatic carbocycles. The van der Waals surface area contributed by atoms with Crippen LogP contribution >= 0.6 is 0 Å². The van der Waals surface area contributed by atoms with Gasteiger partial charge in [0.25, 0.3) is 0 Å². The number of ether oxygens (including phenoxy) is 1. The third kappa shape index (κ3) is 7.85. The van der Waals surface area contributed by atoms with E-state index in [0.717, 1.165) is 6.42 Å². The smallest absolute Gasteiger partial charge is 0.310 e. The Balaban J connectivity index is 4.56. The van der Waals surface area contributed by atoms with E-state index in [1.54, 1.807) is 6.92 Å². The average molecular weight is 271 g/mol. The molecule has 1 atom stereocenters. The fourth-order valence-electron chi connectivity index (χ4n) is 1.82. The molecule has 0 aromatic carbocycles. The molecule has 0 bridgehead atoms. The van der Waals surface area contributed by atoms with Crippen LogP contribution in [0.15, 0.2) is 0 Å². The summed E-state index contributed by atoms with van der Waals surface area (Å²) in [5, 5.41) is 0. The van der Waals surface area contributed by atoms with E-state index in [-0.39, 0.29) is 17.8 Å². The Kier molecular flexibility index (Phi) is 8.44. The monoisotopic (exact) mass is 271 g/mol. The summed E-state index contributed by atoms with van der Waals surface area (Å²) in [7, 11) is 1.38. The number of carbonyl (C=O) groups is 2. The second-order valence-corrected chi connectivity index (χ2v) is 6.04. The van der Waals surface area contributed by atoms with Crippen LogP contribution in [-0.2, 0) is 14.3 Å². The summed E-state index contributed by atoms with van der Waals surface area (Å²) in [5.41, 5.74) is 0. The maximum Gasteiger partial charge on any atom is 0.310 e. The molecule has 0 spiro atoms. The Bertz CT molecular complexity index is 287. The van der Waals surface area contributed by atoms with Crippen molar-refractivity contribution in [1.29, 1.82) is 0 Å². The standard InChI is InChI=1S/C15H29NO3/c1-11(2)7-8-16(14(17)9-12(3)4)10-13(5)15(18)19-6/h11-13H,7-10H2,1-6H3. The molecule has 0 aliphatic heterocycles. The molecule has 19 heavy (non-hydrogen) atoms. The van der Waals surface area contributed by atoms with E-state index in [9.17, 15) is 9.59 Å². The first kappa shape index (κ1) is 17.9. The van der Waals surface area contributed by atoms with Gasteiger partial charge < -0.3 is 9.64 Å². The van der Waals surface area contributed by atoms with E-state index in [0.29, 0.717) is 31.3 Å². The number of amides is 1. The number of esters is 1. The highest BCUT2D eigenvalue weighted by molar-refractivity contribution is 5.78. The summed E-state index contributed by atoms with van der Waals surface area (Å²) in [5.74, 6) is 0.483. The van der Waals surface area contributed by atoms with Gasteiger partial charge in [-0.15, -0.1) is 0 Å². The quantitative estimate of drug-likeness (QED) is 0.638. The Labute approximate surface area is 117 Å². The van der Waals surface area contributed by atoms with Crippen molar-refractivity contribution in [2.45, 2.75) is 47.5 Å². The highest BCUT2D eigenvalue weighted by Gasteiger charge is 2.21. The predicted octanol–water partition coefficient (Wildman–Crippen LogP) is 2.72. The summed E-state index contributed by atoms with van der Waals surface area (Å²) in [6.45, 7) is 11.3. The molecule has 0 heterocycles. The van der Waals surface area contributed by atoms with E-state index in [1.165, 1.54) is 7.11 Å². The molecule has 0 radical (unpaired) electrons. The second kappa shape index (κ2) is 8.94. The minimum atomic E-state index is -0.270. The van der Waals surface area contributed by atoms with Gasteiger partial charge in [-0.25, -0.2) is 0 Å². The number of methoxy groups -OCH3 is 1. The molecule has 0 aliphatic rings. The summed E-state index contributed by atoms with van der Waals surface area (Å²) in [4.78, 5) is 25.5. The van der Waals surface area contributed by atoms with Gasteiger partial charge in [0, 0.05) is 19.5 Å². The SMILES string of the molecule is COC(=O)C(C)CN(CCC(C)C)C(=O)CC(C)C. The minimum Gasteiger partial charge on any atom is -0.469 e. The molecule has 0 saturated carbocycles. The van der Waals surface area contributed by atoms with Gasteiger partial charge >= 0.3 is 5.97 Å². The van der Waals surface area contributed by atoms with Crippen molar-refractivity contribution in [2.24, 2.45) is 17.8 Å². The predicted molar refractivity (Wildman–Crippen MR) is 76.7 cm³/mol. The third-order valence-electron chi connectivity index (χ3n) is 3.01. The number of hydrogen-bond acceptors (Lipinski definition) is 3. The molecule has 4 heteroatoms. The highest BCUT2D eigenvalue weighted by Crippen LogP contribution is 2.11. The fraction of sp³-hybridized carbons (Fsp3) is 0.867. The van der Waals surface area contributed by atoms with Crippen LogP contribution in [0.25, 0.3) is 0 Å². The molecular weight excluding hydrogens is 242 g/mol. The number of carbonyl (C=O) groups excluding carboxylic acids is 2. The Morgan fingerprint density at radius 1 is 1.05 bits per heavy atom. The lowest BCUT2D eigenvalue weighted by Gasteiger charge is -2.26. The van der Waals surface area contributed by atoms with Crippen LogP contribution in [0.4, 0.5) is 0 Å². The van der Waals surface area contributed by atoms with Crippen molar-refractivity contribution in [3.63, 3.8) is 0 Å². The first-order chi connectivity index (χ1) is 8.77. The van der Waals surface area contributed by atoms with Crippen molar-refractivity contribution in [2.75, 3.05) is 20.2 Å². The Hall–Kier alpha value is -1.06. The van der Waals surface area contributed by atoms with Crippen molar-refractivity contribution >= 4 is 11.9 Å². The summed E-state index contributed by atoms with van der Waals surface area (Å²) < 4.78 is 4.72. The van der Waals surface area contributed by atoms with Crippen LogP contribution in [0.3, 0.4) is 0 Å². The van der Waals surface area contributed by atoms with E-state index >= 15 is 0 Å². The minimum absolute atomic E-state index is 0.131. The zero-order valence-corrected chi connectivity index (χ0v) is 13.2. The average Bonchev–Trinajstić information content (AvgIpc) is 2.31. The molecular formula is C15H29NO3. The molecule has 1 unspecified atom stereocenters. The number of rotatable bonds is 8. The summed E-state index contributed by atoms with van der Waals surface area (Å²) >= 11 is 0. The highest BCUT2D eigenvalue weighted by atomic mass is 16.5. The second-order valence-electron chi connectivity index (χ2n) is 6.04. The number of hydrogen-bond donors (Lipinski definition) is 0. The van der Waals surface area contributed by atoms with Gasteiger partial charge in [-0.3, -0.25) is 9.59 Å². The first-order valence-electron chi connectivity index (χ1n) is 7.13. The Morgan fingerprint density at radius 3 is 2.05 bits per heavy atom. The van der Waals surface area contributed by atoms with Gasteiger partial charge in [-0.2, -0.15) is 0 Å². The van der Waals surface area contributed by atoms with Gasteiger partial charge in [0.2, 0.25) is 5.91 Å². The molecule has 0 aromatic rings. The lowest BCUT2D eigenvalue weighted by molar-refractivity contribution is -0.146. The lowest BCUT2D eigenvalue weighted by Crippen LogP contribution is -2.38. The molecule has 0 aromatic heterocycles. The fourth-order valence-corrected chi connectivity index (χ4v) is 1.82. The zero-order chi connectivity index (χ0) is 15.0. The van der Waals surface area contributed by atoms with Crippen LogP contribution in [-0.4, -0.2) is 37.0 Å². The third-order valence-corrected chi connectivity index (χ3v) is 3.01. The maximum absolute atomic E-state index is 12.2. The van der Waals surface area contributed by atoms with Gasteiger partial charge in [0.05, 0.1) is 13.0 Å². The van der Waals surface area contributed by atoms with Crippen molar-refractivity contribution in [3.8, 4) is 0 Å². The van der Waals surface area contributed by atoms with E-state index in [4.69, 9.17) is 4.74 Å². The van der Waals surface area contributed by atoms with Crippen molar-refractivity contribution in [3.05, 3.63) is 0 Å². The molecule has 0 fully saturated rings. The molecule has 4 nitrogen and oxygen atoms in total. The van der Waals surface area contributed by atoms with E-state index in [2.05, 4.69) is 13.8 Å². The van der Waals surface area contributed by atoms with Gasteiger partial charge in [0.15, 0.2) is 0 Å². The van der Waals surface area contributed by atoms with Gasteiger partial charge in [0.1, 0.15) is 0 Å². The Morgan fingerprint density at radius 2 is 1.63 bits per heavy atom. The largest absolute Gasteiger partial charge is 0.469 e. The number of nitrogens with zero attached hydrogens (tertiary/aromatic N) is 1. The topological polar surface area (TPSA) is 46.6 Å². The summed E-state index contributed by atoms with van der Waals surface area (Å²) in [6.07, 6.45) is 1.49. The molecule has 0 rings (SSSR count). The van der Waals surface area contributed by atoms with Crippen LogP contribution in [0, 0.1) is 17.8 Å². The van der Waals surface area contributed by atoms with Crippen LogP contribution in [0.2, 0.25) is 0 Å². The normalized spacial score (nSPS) is 12.6. The molecule has 112 valence electrons. The van der Waals surface area contributed by atoms with E-state index < -0.39 is 0 Å². The van der Waals surface area contributed by atoms with E-state index in [1.807, 2.05) is 18.7 Å². The molecule has 1 amide bonds. The zero-order valence-electron chi connectivity index (χ0n) is 13.2.